The van der Waals surface area contributed by atoms with Crippen molar-refractivity contribution in [2.45, 2.75) is 0 Å². The van der Waals surface area contributed by atoms with Crippen LogP contribution in [0.5, 0.6) is 0 Å². The van der Waals surface area contributed by atoms with Crippen molar-refractivity contribution < 1.29 is 4.74 Å². The third kappa shape index (κ3) is 5.41. The van der Waals surface area contributed by atoms with Gasteiger partial charge in [0.05, 0.1) is 12.7 Å². The minimum absolute atomic E-state index is 0.196. The molecule has 0 amide bonds. The van der Waals surface area contributed by atoms with E-state index in [4.69, 9.17) is 10.00 Å². The van der Waals surface area contributed by atoms with Crippen LogP contribution in [-0.2, 0) is 4.74 Å². The lowest BCUT2D eigenvalue weighted by molar-refractivity contribution is 0.169. The van der Waals surface area contributed by atoms with Gasteiger partial charge in [-0.2, -0.15) is 5.26 Å². The Morgan fingerprint density at radius 2 is 2.50 bits per heavy atom. The maximum absolute atomic E-state index is 7.97. The first-order valence-electron chi connectivity index (χ1n) is 2.51. The summed E-state index contributed by atoms with van der Waals surface area (Å²) in [6.45, 7) is 1.62. The summed E-state index contributed by atoms with van der Waals surface area (Å²) in [5, 5.41) is 10.9. The number of likely N-dealkylation sites (N-methyl/N-ethyl adjacent to an activating group) is 1. The van der Waals surface area contributed by atoms with Gasteiger partial charge in [0.2, 0.25) is 0 Å². The van der Waals surface area contributed by atoms with Crippen LogP contribution in [-0.4, -0.2) is 26.8 Å². The first-order valence-corrected chi connectivity index (χ1v) is 2.51. The highest BCUT2D eigenvalue weighted by Gasteiger charge is 1.80. The maximum Gasteiger partial charge on any atom is 0.133 e. The van der Waals surface area contributed by atoms with E-state index in [-0.39, 0.29) is 6.61 Å². The van der Waals surface area contributed by atoms with Crippen LogP contribution >= 0.6 is 0 Å². The van der Waals surface area contributed by atoms with E-state index in [0.29, 0.717) is 6.61 Å². The van der Waals surface area contributed by atoms with E-state index in [9.17, 15) is 0 Å². The molecular weight excluding hydrogens is 104 g/mol. The second-order valence-electron chi connectivity index (χ2n) is 1.31. The van der Waals surface area contributed by atoms with Crippen LogP contribution in [0, 0.1) is 11.3 Å². The largest absolute Gasteiger partial charge is 0.365 e. The van der Waals surface area contributed by atoms with Crippen LogP contribution in [0.15, 0.2) is 0 Å². The van der Waals surface area contributed by atoms with Crippen LogP contribution in [0.2, 0.25) is 0 Å². The molecule has 0 aliphatic heterocycles. The van der Waals surface area contributed by atoms with E-state index in [2.05, 4.69) is 5.32 Å². The number of nitrogens with zero attached hydrogens (tertiary/aromatic N) is 1. The standard InChI is InChI=1S/C5H10N2O/c1-7-3-5-8-4-2-6/h7H,3-5H2,1H3. The van der Waals surface area contributed by atoms with Gasteiger partial charge >= 0.3 is 0 Å². The number of rotatable bonds is 4. The third-order valence-corrected chi connectivity index (χ3v) is 0.663. The van der Waals surface area contributed by atoms with Gasteiger partial charge in [-0.3, -0.25) is 0 Å². The second kappa shape index (κ2) is 6.41. The molecule has 0 aromatic heterocycles. The average molecular weight is 114 g/mol. The minimum atomic E-state index is 0.196. The van der Waals surface area contributed by atoms with Gasteiger partial charge in [-0.05, 0) is 7.05 Å². The molecule has 0 aromatic carbocycles. The number of hydrogen-bond donors (Lipinski definition) is 1. The first-order chi connectivity index (χ1) is 3.91. The fourth-order valence-electron chi connectivity index (χ4n) is 0.292. The monoisotopic (exact) mass is 114 g/mol. The molecule has 0 unspecified atom stereocenters. The van der Waals surface area contributed by atoms with Crippen molar-refractivity contribution in [1.29, 1.82) is 5.26 Å². The zero-order valence-corrected chi connectivity index (χ0v) is 4.98. The molecule has 3 heteroatoms. The van der Waals surface area contributed by atoms with Gasteiger partial charge in [0.1, 0.15) is 6.61 Å². The van der Waals surface area contributed by atoms with Crippen molar-refractivity contribution in [1.82, 2.24) is 5.32 Å². The summed E-state index contributed by atoms with van der Waals surface area (Å²) in [6.07, 6.45) is 0. The molecule has 8 heavy (non-hydrogen) atoms. The molecule has 0 spiro atoms. The first kappa shape index (κ1) is 7.41. The van der Waals surface area contributed by atoms with Crippen LogP contribution in [0.1, 0.15) is 0 Å². The van der Waals surface area contributed by atoms with Gasteiger partial charge in [-0.25, -0.2) is 0 Å². The predicted molar refractivity (Wildman–Crippen MR) is 30.4 cm³/mol. The molecule has 1 N–H and O–H groups in total. The van der Waals surface area contributed by atoms with E-state index >= 15 is 0 Å². The van der Waals surface area contributed by atoms with Crippen molar-refractivity contribution in [2.24, 2.45) is 0 Å². The molecule has 0 atom stereocenters. The summed E-state index contributed by atoms with van der Waals surface area (Å²) in [5.41, 5.74) is 0. The summed E-state index contributed by atoms with van der Waals surface area (Å²) >= 11 is 0. The number of nitriles is 1. The Labute approximate surface area is 49.3 Å². The lowest BCUT2D eigenvalue weighted by atomic mass is 10.7. The lowest BCUT2D eigenvalue weighted by Crippen LogP contribution is -2.14. The van der Waals surface area contributed by atoms with Gasteiger partial charge in [0.25, 0.3) is 0 Å². The Balaban J connectivity index is 2.65. The Morgan fingerprint density at radius 1 is 1.75 bits per heavy atom. The van der Waals surface area contributed by atoms with Crippen LogP contribution in [0.25, 0.3) is 0 Å². The number of nitrogens with one attached hydrogen (secondary N) is 1. The van der Waals surface area contributed by atoms with E-state index in [1.807, 2.05) is 13.1 Å². The average Bonchev–Trinajstić information content (AvgIpc) is 1.81. The number of hydrogen-bond acceptors (Lipinski definition) is 3. The van der Waals surface area contributed by atoms with Crippen LogP contribution in [0.4, 0.5) is 0 Å². The highest BCUT2D eigenvalue weighted by atomic mass is 16.5. The van der Waals surface area contributed by atoms with Crippen molar-refractivity contribution in [2.75, 3.05) is 26.8 Å². The maximum atomic E-state index is 7.97. The van der Waals surface area contributed by atoms with Crippen LogP contribution in [0.3, 0.4) is 0 Å². The summed E-state index contributed by atoms with van der Waals surface area (Å²) in [5.74, 6) is 0. The summed E-state index contributed by atoms with van der Waals surface area (Å²) < 4.78 is 4.80. The van der Waals surface area contributed by atoms with E-state index in [1.54, 1.807) is 0 Å². The van der Waals surface area contributed by atoms with Crippen molar-refractivity contribution in [3.63, 3.8) is 0 Å². The smallest absolute Gasteiger partial charge is 0.133 e. The van der Waals surface area contributed by atoms with Crippen molar-refractivity contribution in [3.05, 3.63) is 0 Å². The van der Waals surface area contributed by atoms with Crippen LogP contribution < -0.4 is 5.32 Å². The van der Waals surface area contributed by atoms with Gasteiger partial charge in [-0.1, -0.05) is 0 Å². The molecule has 0 aliphatic carbocycles. The Kier molecular flexibility index (Phi) is 5.94. The molecule has 3 nitrogen and oxygen atoms in total. The molecule has 0 fully saturated rings. The quantitative estimate of drug-likeness (QED) is 0.512. The van der Waals surface area contributed by atoms with Crippen molar-refractivity contribution in [3.8, 4) is 6.07 Å². The molecule has 0 bridgehead atoms. The SMILES string of the molecule is CNCCOCC#N. The highest BCUT2D eigenvalue weighted by Crippen LogP contribution is 1.67. The molecule has 0 aromatic rings. The second-order valence-corrected chi connectivity index (χ2v) is 1.31. The third-order valence-electron chi connectivity index (χ3n) is 0.663. The molecule has 0 saturated carbocycles. The normalized spacial score (nSPS) is 8.50. The zero-order valence-electron chi connectivity index (χ0n) is 4.98. The molecule has 0 heterocycles. The topological polar surface area (TPSA) is 45.0 Å². The van der Waals surface area contributed by atoms with E-state index in [0.717, 1.165) is 6.54 Å². The number of ether oxygens (including phenoxy) is 1. The minimum Gasteiger partial charge on any atom is -0.365 e. The summed E-state index contributed by atoms with van der Waals surface area (Å²) in [6, 6.07) is 1.88. The fraction of sp³-hybridized carbons (Fsp3) is 0.800. The van der Waals surface area contributed by atoms with Gasteiger partial charge in [-0.15, -0.1) is 0 Å². The molecule has 46 valence electrons. The van der Waals surface area contributed by atoms with Gasteiger partial charge < -0.3 is 10.1 Å². The molecule has 0 saturated heterocycles. The zero-order chi connectivity index (χ0) is 6.24. The Hall–Kier alpha value is -0.590. The summed E-state index contributed by atoms with van der Waals surface area (Å²) in [4.78, 5) is 0. The summed E-state index contributed by atoms with van der Waals surface area (Å²) in [7, 11) is 1.84. The fourth-order valence-corrected chi connectivity index (χ4v) is 0.292. The molecule has 0 aliphatic rings. The molecule has 0 radical (unpaired) electrons. The predicted octanol–water partition coefficient (Wildman–Crippen LogP) is -0.254. The van der Waals surface area contributed by atoms with Gasteiger partial charge in [0, 0.05) is 6.54 Å². The van der Waals surface area contributed by atoms with Crippen molar-refractivity contribution >= 4 is 0 Å². The van der Waals surface area contributed by atoms with E-state index < -0.39 is 0 Å². The molecular formula is C5H10N2O. The van der Waals surface area contributed by atoms with E-state index in [1.165, 1.54) is 0 Å². The molecule has 0 rings (SSSR count). The Bertz CT molecular complexity index is 77.0. The van der Waals surface area contributed by atoms with Gasteiger partial charge in [0.15, 0.2) is 0 Å². The highest BCUT2D eigenvalue weighted by molar-refractivity contribution is 4.66. The Morgan fingerprint density at radius 3 is 3.00 bits per heavy atom. The lowest BCUT2D eigenvalue weighted by Gasteiger charge is -1.95.